The summed E-state index contributed by atoms with van der Waals surface area (Å²) in [5.74, 6) is 0.283. The van der Waals surface area contributed by atoms with Gasteiger partial charge in [-0.15, -0.1) is 0 Å². The monoisotopic (exact) mass is 307 g/mol. The van der Waals surface area contributed by atoms with Gasteiger partial charge in [-0.2, -0.15) is 0 Å². The molecule has 0 spiro atoms. The molecule has 2 aromatic rings. The Labute approximate surface area is 136 Å². The fourth-order valence-electron chi connectivity index (χ4n) is 4.18. The smallest absolute Gasteiger partial charge is 0.185 e. The molecule has 0 aliphatic carbocycles. The molecule has 4 heteroatoms. The molecular weight excluding hydrogens is 286 g/mol. The van der Waals surface area contributed by atoms with Crippen molar-refractivity contribution in [1.82, 2.24) is 14.9 Å². The van der Waals surface area contributed by atoms with Crippen molar-refractivity contribution in [3.63, 3.8) is 0 Å². The number of nitrogens with zero attached hydrogens (tertiary/aromatic N) is 3. The molecule has 1 aromatic carbocycles. The summed E-state index contributed by atoms with van der Waals surface area (Å²) in [7, 11) is 0. The van der Waals surface area contributed by atoms with Gasteiger partial charge in [-0.25, -0.2) is 4.98 Å². The van der Waals surface area contributed by atoms with Crippen LogP contribution in [0.3, 0.4) is 0 Å². The zero-order valence-corrected chi connectivity index (χ0v) is 13.1. The fraction of sp³-hybridized carbons (Fsp3) is 0.421. The second-order valence-electron chi connectivity index (χ2n) is 6.67. The number of fused-ring (bicyclic) bond motifs is 2. The third kappa shape index (κ3) is 2.91. The van der Waals surface area contributed by atoms with Crippen LogP contribution in [0.15, 0.2) is 48.9 Å². The van der Waals surface area contributed by atoms with Crippen LogP contribution in [0.1, 0.15) is 41.7 Å². The highest BCUT2D eigenvalue weighted by molar-refractivity contribution is 5.95. The quantitative estimate of drug-likeness (QED) is 0.814. The molecular formula is C19H21N3O. The van der Waals surface area contributed by atoms with E-state index in [0.29, 0.717) is 17.8 Å². The van der Waals surface area contributed by atoms with Gasteiger partial charge in [0.05, 0.1) is 6.20 Å². The lowest BCUT2D eigenvalue weighted by Gasteiger charge is -2.38. The predicted molar refractivity (Wildman–Crippen MR) is 87.9 cm³/mol. The summed E-state index contributed by atoms with van der Waals surface area (Å²) in [6, 6.07) is 11.7. The maximum atomic E-state index is 12.7. The lowest BCUT2D eigenvalue weighted by atomic mass is 9.86. The van der Waals surface area contributed by atoms with Gasteiger partial charge in [0.1, 0.15) is 5.69 Å². The van der Waals surface area contributed by atoms with Gasteiger partial charge in [-0.3, -0.25) is 14.7 Å². The van der Waals surface area contributed by atoms with Gasteiger partial charge >= 0.3 is 0 Å². The number of aromatic nitrogens is 2. The third-order valence-electron chi connectivity index (χ3n) is 5.28. The molecule has 2 saturated heterocycles. The van der Waals surface area contributed by atoms with E-state index in [1.165, 1.54) is 18.4 Å². The minimum Gasteiger partial charge on any atom is -0.293 e. The van der Waals surface area contributed by atoms with Crippen molar-refractivity contribution in [2.45, 2.75) is 44.3 Å². The van der Waals surface area contributed by atoms with E-state index in [4.69, 9.17) is 0 Å². The number of carbonyl (C=O) groups excluding carboxylic acids is 1. The van der Waals surface area contributed by atoms with Crippen LogP contribution < -0.4 is 0 Å². The summed E-state index contributed by atoms with van der Waals surface area (Å²) >= 11 is 0. The predicted octanol–water partition coefficient (Wildman–Crippen LogP) is 3.10. The van der Waals surface area contributed by atoms with E-state index in [2.05, 4.69) is 45.2 Å². The second kappa shape index (κ2) is 6.20. The molecule has 0 radical (unpaired) electrons. The lowest BCUT2D eigenvalue weighted by Crippen LogP contribution is -2.44. The first-order valence-corrected chi connectivity index (χ1v) is 8.41. The highest BCUT2D eigenvalue weighted by Crippen LogP contribution is 2.40. The number of Topliss-reactive ketones (excluding diaryl/α,β-unsaturated/α-hetero) is 1. The molecule has 2 aliphatic rings. The van der Waals surface area contributed by atoms with Crippen LogP contribution in [-0.2, 0) is 6.54 Å². The van der Waals surface area contributed by atoms with E-state index in [-0.39, 0.29) is 11.7 Å². The van der Waals surface area contributed by atoms with Crippen LogP contribution in [0, 0.1) is 5.92 Å². The summed E-state index contributed by atoms with van der Waals surface area (Å²) in [5.41, 5.74) is 1.89. The van der Waals surface area contributed by atoms with Gasteiger partial charge in [0, 0.05) is 36.9 Å². The Hall–Kier alpha value is -2.07. The molecule has 2 atom stereocenters. The number of rotatable bonds is 4. The van der Waals surface area contributed by atoms with Crippen LogP contribution in [0.5, 0.6) is 0 Å². The summed E-state index contributed by atoms with van der Waals surface area (Å²) in [6.07, 6.45) is 9.15. The summed E-state index contributed by atoms with van der Waals surface area (Å²) in [5, 5.41) is 0. The van der Waals surface area contributed by atoms with Gasteiger partial charge in [0.25, 0.3) is 0 Å². The number of hydrogen-bond donors (Lipinski definition) is 0. The van der Waals surface area contributed by atoms with E-state index in [1.807, 2.05) is 0 Å². The van der Waals surface area contributed by atoms with Crippen molar-refractivity contribution in [2.24, 2.45) is 5.92 Å². The second-order valence-corrected chi connectivity index (χ2v) is 6.67. The van der Waals surface area contributed by atoms with Crippen LogP contribution in [-0.4, -0.2) is 32.7 Å². The van der Waals surface area contributed by atoms with Crippen molar-refractivity contribution >= 4 is 5.78 Å². The normalized spacial score (nSPS) is 27.0. The molecule has 2 aliphatic heterocycles. The Balaban J connectivity index is 1.46. The molecule has 23 heavy (non-hydrogen) atoms. The van der Waals surface area contributed by atoms with E-state index >= 15 is 0 Å². The zero-order valence-electron chi connectivity index (χ0n) is 13.1. The number of benzene rings is 1. The SMILES string of the molecule is O=C(c1cnccn1)C1CC2CCC(C1)N2Cc1ccccc1. The van der Waals surface area contributed by atoms with Crippen molar-refractivity contribution in [1.29, 1.82) is 0 Å². The largest absolute Gasteiger partial charge is 0.293 e. The van der Waals surface area contributed by atoms with Gasteiger partial charge in [0.15, 0.2) is 5.78 Å². The van der Waals surface area contributed by atoms with Crippen LogP contribution in [0.25, 0.3) is 0 Å². The third-order valence-corrected chi connectivity index (χ3v) is 5.28. The van der Waals surface area contributed by atoms with Crippen LogP contribution >= 0.6 is 0 Å². The van der Waals surface area contributed by atoms with Gasteiger partial charge in [0.2, 0.25) is 0 Å². The van der Waals surface area contributed by atoms with E-state index in [9.17, 15) is 4.79 Å². The van der Waals surface area contributed by atoms with E-state index in [0.717, 1.165) is 19.4 Å². The van der Waals surface area contributed by atoms with Crippen molar-refractivity contribution in [2.75, 3.05) is 0 Å². The molecule has 0 saturated carbocycles. The number of carbonyl (C=O) groups is 1. The molecule has 3 heterocycles. The fourth-order valence-corrected chi connectivity index (χ4v) is 4.18. The molecule has 2 bridgehead atoms. The summed E-state index contributed by atoms with van der Waals surface area (Å²) in [6.45, 7) is 1.00. The average molecular weight is 307 g/mol. The highest BCUT2D eigenvalue weighted by Gasteiger charge is 2.42. The van der Waals surface area contributed by atoms with Crippen molar-refractivity contribution in [3.05, 3.63) is 60.2 Å². The molecule has 2 unspecified atom stereocenters. The maximum absolute atomic E-state index is 12.7. The van der Waals surface area contributed by atoms with E-state index in [1.54, 1.807) is 18.6 Å². The zero-order chi connectivity index (χ0) is 15.6. The Morgan fingerprint density at radius 2 is 1.83 bits per heavy atom. The van der Waals surface area contributed by atoms with Gasteiger partial charge < -0.3 is 0 Å². The Bertz CT molecular complexity index is 660. The molecule has 0 N–H and O–H groups in total. The van der Waals surface area contributed by atoms with Gasteiger partial charge in [-0.05, 0) is 31.2 Å². The number of hydrogen-bond acceptors (Lipinski definition) is 4. The Morgan fingerprint density at radius 3 is 2.48 bits per heavy atom. The van der Waals surface area contributed by atoms with Crippen molar-refractivity contribution in [3.8, 4) is 0 Å². The molecule has 118 valence electrons. The van der Waals surface area contributed by atoms with E-state index < -0.39 is 0 Å². The summed E-state index contributed by atoms with van der Waals surface area (Å²) < 4.78 is 0. The number of piperidine rings is 1. The first-order valence-electron chi connectivity index (χ1n) is 8.41. The van der Waals surface area contributed by atoms with Gasteiger partial charge in [-0.1, -0.05) is 30.3 Å². The minimum atomic E-state index is 0.108. The average Bonchev–Trinajstić information content (AvgIpc) is 2.84. The highest BCUT2D eigenvalue weighted by atomic mass is 16.1. The summed E-state index contributed by atoms with van der Waals surface area (Å²) in [4.78, 5) is 23.5. The minimum absolute atomic E-state index is 0.108. The standard InChI is InChI=1S/C19H21N3O/c23-19(18-12-20-8-9-21-18)15-10-16-6-7-17(11-15)22(16)13-14-4-2-1-3-5-14/h1-5,8-9,12,15-17H,6-7,10-11,13H2. The lowest BCUT2D eigenvalue weighted by molar-refractivity contribution is 0.0673. The Kier molecular flexibility index (Phi) is 3.92. The first kappa shape index (κ1) is 14.5. The molecule has 4 rings (SSSR count). The maximum Gasteiger partial charge on any atom is 0.185 e. The molecule has 2 fully saturated rings. The topological polar surface area (TPSA) is 46.1 Å². The van der Waals surface area contributed by atoms with Crippen molar-refractivity contribution < 1.29 is 4.79 Å². The molecule has 4 nitrogen and oxygen atoms in total. The first-order chi connectivity index (χ1) is 11.3. The molecule has 1 aromatic heterocycles. The Morgan fingerprint density at radius 1 is 1.09 bits per heavy atom. The van der Waals surface area contributed by atoms with Crippen LogP contribution in [0.2, 0.25) is 0 Å². The molecule has 0 amide bonds. The number of ketones is 1. The van der Waals surface area contributed by atoms with Crippen LogP contribution in [0.4, 0.5) is 0 Å².